The number of rotatable bonds is 10. The molecule has 0 saturated heterocycles. The van der Waals surface area contributed by atoms with E-state index in [-0.39, 0.29) is 17.8 Å². The van der Waals surface area contributed by atoms with Gasteiger partial charge in [0, 0.05) is 37.1 Å². The largest absolute Gasteiger partial charge is 0.351 e. The van der Waals surface area contributed by atoms with Crippen LogP contribution in [0.1, 0.15) is 40.0 Å². The van der Waals surface area contributed by atoms with Crippen molar-refractivity contribution >= 4 is 32.5 Å². The number of aryl methyl sites for hydroxylation is 1. The fraction of sp³-hybridized carbons (Fsp3) is 0.423. The molecule has 3 aromatic rings. The van der Waals surface area contributed by atoms with Gasteiger partial charge < -0.3 is 4.57 Å². The van der Waals surface area contributed by atoms with Gasteiger partial charge in [-0.1, -0.05) is 39.0 Å². The summed E-state index contributed by atoms with van der Waals surface area (Å²) >= 11 is 0. The number of nitrogens with one attached hydrogen (secondary N) is 1. The minimum atomic E-state index is -3.47. The Kier molecular flexibility index (Phi) is 7.73. The van der Waals surface area contributed by atoms with Gasteiger partial charge in [-0.15, -0.1) is 0 Å². The lowest BCUT2D eigenvalue weighted by molar-refractivity contribution is -0.129. The molecule has 3 rings (SSSR count). The molecule has 0 bridgehead atoms. The molecule has 1 aromatic heterocycles. The number of sulfonamides is 1. The number of carbonyl (C=O) groups excluding carboxylic acids is 1. The second kappa shape index (κ2) is 10.2. The lowest BCUT2D eigenvalue weighted by Gasteiger charge is -2.31. The third-order valence-electron chi connectivity index (χ3n) is 6.31. The van der Waals surface area contributed by atoms with Gasteiger partial charge in [0.2, 0.25) is 15.9 Å². The van der Waals surface area contributed by atoms with Crippen LogP contribution in [0, 0.1) is 11.3 Å². The van der Waals surface area contributed by atoms with E-state index in [9.17, 15) is 13.2 Å². The van der Waals surface area contributed by atoms with Crippen LogP contribution in [-0.2, 0) is 21.9 Å². The average Bonchev–Trinajstić information content (AvgIpc) is 3.15. The van der Waals surface area contributed by atoms with Crippen LogP contribution in [0.5, 0.6) is 0 Å². The third-order valence-corrected chi connectivity index (χ3v) is 7.47. The van der Waals surface area contributed by atoms with Crippen LogP contribution < -0.4 is 9.79 Å². The lowest BCUT2D eigenvalue weighted by Crippen LogP contribution is -2.35. The van der Waals surface area contributed by atoms with Crippen molar-refractivity contribution in [1.82, 2.24) is 10.0 Å². The fourth-order valence-corrected chi connectivity index (χ4v) is 5.64. The Hall–Kier alpha value is -2.84. The lowest BCUT2D eigenvalue weighted by atomic mass is 9.79. The normalized spacial score (nSPS) is 13.1. The number of nitrogens with zero attached hydrogens (tertiary/aromatic N) is 2. The molecule has 2 N–H and O–H groups in total. The van der Waals surface area contributed by atoms with Gasteiger partial charge in [0.05, 0.1) is 11.9 Å². The topological polar surface area (TPSA) is 91.6 Å². The summed E-state index contributed by atoms with van der Waals surface area (Å²) in [4.78, 5) is 11.4. The third kappa shape index (κ3) is 6.39. The molecule has 1 atom stereocenters. The smallest absolute Gasteiger partial charge is 0.243 e. The summed E-state index contributed by atoms with van der Waals surface area (Å²) in [5.74, 6) is -0.341. The maximum atomic E-state index is 12.6. The minimum Gasteiger partial charge on any atom is -0.351 e. The van der Waals surface area contributed by atoms with Crippen molar-refractivity contribution in [3.05, 3.63) is 54.7 Å². The molecule has 0 saturated carbocycles. The summed E-state index contributed by atoms with van der Waals surface area (Å²) in [6.45, 7) is 6.48. The second-order valence-electron chi connectivity index (χ2n) is 10.0. The predicted molar refractivity (Wildman–Crippen MR) is 137 cm³/mol. The van der Waals surface area contributed by atoms with Gasteiger partial charge in [-0.25, -0.2) is 13.9 Å². The average molecular weight is 486 g/mol. The van der Waals surface area contributed by atoms with Crippen molar-refractivity contribution in [3.8, 4) is 11.1 Å². The van der Waals surface area contributed by atoms with E-state index in [2.05, 4.69) is 42.7 Å². The van der Waals surface area contributed by atoms with Crippen LogP contribution in [0.4, 0.5) is 5.69 Å². The first kappa shape index (κ1) is 25.8. The van der Waals surface area contributed by atoms with Gasteiger partial charge in [-0.3, -0.25) is 14.3 Å². The van der Waals surface area contributed by atoms with Gasteiger partial charge in [-0.2, -0.15) is 0 Å². The number of benzene rings is 2. The molecule has 0 aliphatic rings. The number of fused-ring (bicyclic) bond motifs is 1. The molecule has 34 heavy (non-hydrogen) atoms. The Morgan fingerprint density at radius 1 is 1.12 bits per heavy atom. The first-order valence-corrected chi connectivity index (χ1v) is 13.3. The first-order chi connectivity index (χ1) is 15.9. The molecule has 1 unspecified atom stereocenters. The van der Waals surface area contributed by atoms with Crippen molar-refractivity contribution < 1.29 is 18.4 Å². The zero-order valence-electron chi connectivity index (χ0n) is 20.6. The zero-order valence-corrected chi connectivity index (χ0v) is 21.4. The molecule has 2 aromatic carbocycles. The highest BCUT2D eigenvalue weighted by molar-refractivity contribution is 7.92. The van der Waals surface area contributed by atoms with Crippen molar-refractivity contribution in [3.63, 3.8) is 0 Å². The number of anilines is 1. The summed E-state index contributed by atoms with van der Waals surface area (Å²) in [6.07, 6.45) is 4.83. The summed E-state index contributed by atoms with van der Waals surface area (Å²) < 4.78 is 28.8. The highest BCUT2D eigenvalue weighted by Gasteiger charge is 2.26. The maximum absolute atomic E-state index is 12.6. The van der Waals surface area contributed by atoms with Crippen LogP contribution >= 0.6 is 0 Å². The highest BCUT2D eigenvalue weighted by atomic mass is 32.2. The van der Waals surface area contributed by atoms with E-state index in [4.69, 9.17) is 5.21 Å². The molecule has 0 radical (unpaired) electrons. The van der Waals surface area contributed by atoms with E-state index in [1.807, 2.05) is 44.4 Å². The molecule has 8 heteroatoms. The van der Waals surface area contributed by atoms with E-state index < -0.39 is 15.9 Å². The molecular formula is C26H35N3O4S. The zero-order chi connectivity index (χ0) is 25.1. The predicted octanol–water partition coefficient (Wildman–Crippen LogP) is 4.95. The Morgan fingerprint density at radius 2 is 1.76 bits per heavy atom. The van der Waals surface area contributed by atoms with Crippen molar-refractivity contribution in [2.45, 2.75) is 40.0 Å². The van der Waals surface area contributed by atoms with Gasteiger partial charge in [-0.05, 0) is 65.6 Å². The number of amides is 1. The molecule has 1 amide bonds. The number of hydrogen-bond acceptors (Lipinski definition) is 4. The molecular weight excluding hydrogens is 450 g/mol. The minimum absolute atomic E-state index is 0.0714. The van der Waals surface area contributed by atoms with Crippen molar-refractivity contribution in [2.75, 3.05) is 17.1 Å². The second-order valence-corrected chi connectivity index (χ2v) is 12.0. The quantitative estimate of drug-likeness (QED) is 0.314. The number of hydroxylamine groups is 1. The molecule has 0 spiro atoms. The molecule has 184 valence electrons. The number of aromatic nitrogens is 1. The van der Waals surface area contributed by atoms with E-state index in [0.717, 1.165) is 28.5 Å². The van der Waals surface area contributed by atoms with Gasteiger partial charge >= 0.3 is 0 Å². The number of hydrogen-bond donors (Lipinski definition) is 2. The Morgan fingerprint density at radius 3 is 2.38 bits per heavy atom. The van der Waals surface area contributed by atoms with Crippen LogP contribution in [0.2, 0.25) is 0 Å². The number of carbonyl (C=O) groups is 1. The first-order valence-electron chi connectivity index (χ1n) is 11.5. The molecule has 0 aliphatic carbocycles. The Bertz CT molecular complexity index is 1250. The van der Waals surface area contributed by atoms with Crippen LogP contribution in [0.25, 0.3) is 22.0 Å². The molecule has 0 aliphatic heterocycles. The summed E-state index contributed by atoms with van der Waals surface area (Å²) in [5.41, 5.74) is 5.40. The van der Waals surface area contributed by atoms with Crippen LogP contribution in [-0.4, -0.2) is 36.9 Å². The summed E-state index contributed by atoms with van der Waals surface area (Å²) in [7, 11) is -1.45. The van der Waals surface area contributed by atoms with Gasteiger partial charge in [0.25, 0.3) is 0 Å². The van der Waals surface area contributed by atoms with Crippen molar-refractivity contribution in [2.24, 2.45) is 18.4 Å². The highest BCUT2D eigenvalue weighted by Crippen LogP contribution is 2.33. The summed E-state index contributed by atoms with van der Waals surface area (Å²) in [6, 6.07) is 16.0. The fourth-order valence-electron chi connectivity index (χ4n) is 4.61. The van der Waals surface area contributed by atoms with E-state index in [1.54, 1.807) is 5.48 Å². The summed E-state index contributed by atoms with van der Waals surface area (Å²) in [5, 5.41) is 9.88. The van der Waals surface area contributed by atoms with E-state index in [0.29, 0.717) is 18.7 Å². The Balaban J connectivity index is 1.75. The molecule has 1 heterocycles. The SMILES string of the molecule is CC(CN(c1ccc(-c2ccc3c(ccn3C)c2)cc1)S(C)(=O)=O)CC(C)(C)CCC(=O)NO. The Labute approximate surface area is 202 Å². The standard InChI is InChI=1S/C26H35N3O4S/c1-19(17-26(2,3)14-12-25(30)27-31)18-29(34(5,32)33)23-9-6-20(7-10-23)21-8-11-24-22(16-21)13-15-28(24)4/h6-11,13,15-16,19,31H,12,14,17-18H2,1-5H3,(H,27,30). The van der Waals surface area contributed by atoms with Gasteiger partial charge in [0.1, 0.15) is 0 Å². The van der Waals surface area contributed by atoms with E-state index >= 15 is 0 Å². The van der Waals surface area contributed by atoms with Crippen molar-refractivity contribution in [1.29, 1.82) is 0 Å². The molecule has 0 fully saturated rings. The van der Waals surface area contributed by atoms with Crippen LogP contribution in [0.15, 0.2) is 54.7 Å². The molecule has 7 nitrogen and oxygen atoms in total. The monoisotopic (exact) mass is 485 g/mol. The van der Waals surface area contributed by atoms with Gasteiger partial charge in [0.15, 0.2) is 0 Å². The maximum Gasteiger partial charge on any atom is 0.243 e. The van der Waals surface area contributed by atoms with Crippen LogP contribution in [0.3, 0.4) is 0 Å². The van der Waals surface area contributed by atoms with E-state index in [1.165, 1.54) is 10.6 Å².